The Morgan fingerprint density at radius 1 is 0.897 bits per heavy atom. The normalized spacial score (nSPS) is 12.0. The highest BCUT2D eigenvalue weighted by Crippen LogP contribution is 2.26. The third kappa shape index (κ3) is 8.21. The third-order valence-corrected chi connectivity index (χ3v) is 8.56. The van der Waals surface area contributed by atoms with Gasteiger partial charge in [0.1, 0.15) is 12.6 Å². The number of hydrogen-bond donors (Lipinski definition) is 1. The molecule has 39 heavy (non-hydrogen) atoms. The van der Waals surface area contributed by atoms with Crippen LogP contribution in [0.5, 0.6) is 0 Å². The van der Waals surface area contributed by atoms with E-state index in [0.717, 1.165) is 28.3 Å². The number of rotatable bonds is 12. The number of halogens is 2. The topological polar surface area (TPSA) is 86.8 Å². The number of aryl methyl sites for hydroxylation is 1. The first-order valence-electron chi connectivity index (χ1n) is 12.7. The summed E-state index contributed by atoms with van der Waals surface area (Å²) in [6.07, 6.45) is 1.72. The van der Waals surface area contributed by atoms with Crippen molar-refractivity contribution in [3.8, 4) is 0 Å². The molecule has 208 valence electrons. The highest BCUT2D eigenvalue weighted by atomic mass is 35.5. The first kappa shape index (κ1) is 30.5. The molecule has 10 heteroatoms. The van der Waals surface area contributed by atoms with E-state index in [9.17, 15) is 18.0 Å². The molecule has 0 aliphatic heterocycles. The van der Waals surface area contributed by atoms with Crippen LogP contribution in [0.3, 0.4) is 0 Å². The average Bonchev–Trinajstić information content (AvgIpc) is 2.91. The van der Waals surface area contributed by atoms with E-state index in [-0.39, 0.29) is 17.3 Å². The molecule has 0 spiro atoms. The standard InChI is InChI=1S/C29H33Cl2N3O4S/c1-4-5-18-32-29(36)22(3)33(19-23-8-10-24(30)11-9-23)28(35)20-34(26-14-6-21(2)7-15-26)39(37,38)27-16-12-25(31)13-17-27/h6-17,22H,4-5,18-20H2,1-3H3,(H,32,36). The Bertz CT molecular complexity index is 1360. The first-order chi connectivity index (χ1) is 18.5. The number of nitrogens with zero attached hydrogens (tertiary/aromatic N) is 2. The van der Waals surface area contributed by atoms with Gasteiger partial charge >= 0.3 is 0 Å². The summed E-state index contributed by atoms with van der Waals surface area (Å²) >= 11 is 12.0. The summed E-state index contributed by atoms with van der Waals surface area (Å²) < 4.78 is 28.6. The monoisotopic (exact) mass is 589 g/mol. The van der Waals surface area contributed by atoms with Gasteiger partial charge in [-0.1, -0.05) is 66.4 Å². The summed E-state index contributed by atoms with van der Waals surface area (Å²) in [5.74, 6) is -0.839. The number of hydrogen-bond acceptors (Lipinski definition) is 4. The quantitative estimate of drug-likeness (QED) is 0.269. The van der Waals surface area contributed by atoms with Gasteiger partial charge in [0.2, 0.25) is 11.8 Å². The van der Waals surface area contributed by atoms with Crippen molar-refractivity contribution in [1.82, 2.24) is 10.2 Å². The Morgan fingerprint density at radius 3 is 2.03 bits per heavy atom. The summed E-state index contributed by atoms with van der Waals surface area (Å²) in [6.45, 7) is 5.63. The zero-order valence-corrected chi connectivity index (χ0v) is 24.6. The molecule has 3 aromatic rings. The molecule has 1 N–H and O–H groups in total. The molecule has 1 unspecified atom stereocenters. The van der Waals surface area contributed by atoms with E-state index >= 15 is 0 Å². The minimum absolute atomic E-state index is 0.00474. The number of benzene rings is 3. The van der Waals surface area contributed by atoms with Crippen LogP contribution in [-0.4, -0.2) is 44.3 Å². The van der Waals surface area contributed by atoms with Crippen LogP contribution in [0.1, 0.15) is 37.8 Å². The highest BCUT2D eigenvalue weighted by Gasteiger charge is 2.32. The van der Waals surface area contributed by atoms with E-state index in [4.69, 9.17) is 23.2 Å². The molecule has 3 aromatic carbocycles. The van der Waals surface area contributed by atoms with Gasteiger partial charge in [0.25, 0.3) is 10.0 Å². The van der Waals surface area contributed by atoms with Gasteiger partial charge in [-0.05, 0) is 74.4 Å². The lowest BCUT2D eigenvalue weighted by molar-refractivity contribution is -0.139. The van der Waals surface area contributed by atoms with E-state index in [1.807, 2.05) is 13.8 Å². The van der Waals surface area contributed by atoms with Gasteiger partial charge in [-0.25, -0.2) is 8.42 Å². The van der Waals surface area contributed by atoms with Crippen LogP contribution in [0.2, 0.25) is 10.0 Å². The lowest BCUT2D eigenvalue weighted by Crippen LogP contribution is -2.51. The first-order valence-corrected chi connectivity index (χ1v) is 14.9. The summed E-state index contributed by atoms with van der Waals surface area (Å²) in [5, 5.41) is 3.80. The molecule has 0 aromatic heterocycles. The molecular weight excluding hydrogens is 557 g/mol. The maximum absolute atomic E-state index is 13.9. The van der Waals surface area contributed by atoms with Gasteiger partial charge in [-0.15, -0.1) is 0 Å². The van der Waals surface area contributed by atoms with Crippen molar-refractivity contribution in [2.45, 2.75) is 51.1 Å². The van der Waals surface area contributed by atoms with Gasteiger partial charge in [-0.2, -0.15) is 0 Å². The number of sulfonamides is 1. The maximum Gasteiger partial charge on any atom is 0.264 e. The molecule has 2 amide bonds. The Hall–Kier alpha value is -3.07. The fourth-order valence-electron chi connectivity index (χ4n) is 3.88. The number of carbonyl (C=O) groups excluding carboxylic acids is 2. The average molecular weight is 591 g/mol. The lowest BCUT2D eigenvalue weighted by Gasteiger charge is -2.32. The Morgan fingerprint density at radius 2 is 1.46 bits per heavy atom. The van der Waals surface area contributed by atoms with Crippen LogP contribution in [0.15, 0.2) is 77.7 Å². The number of nitrogens with one attached hydrogen (secondary N) is 1. The van der Waals surface area contributed by atoms with Crippen LogP contribution in [0.4, 0.5) is 5.69 Å². The minimum atomic E-state index is -4.15. The molecule has 0 saturated heterocycles. The van der Waals surface area contributed by atoms with Crippen molar-refractivity contribution in [2.24, 2.45) is 0 Å². The van der Waals surface area contributed by atoms with Gasteiger partial charge in [0.05, 0.1) is 10.6 Å². The SMILES string of the molecule is CCCCNC(=O)C(C)N(Cc1ccc(Cl)cc1)C(=O)CN(c1ccc(C)cc1)S(=O)(=O)c1ccc(Cl)cc1. The smallest absolute Gasteiger partial charge is 0.264 e. The summed E-state index contributed by atoms with van der Waals surface area (Å²) in [6, 6.07) is 18.7. The summed E-state index contributed by atoms with van der Waals surface area (Å²) in [5.41, 5.74) is 2.02. The largest absolute Gasteiger partial charge is 0.354 e. The molecule has 3 rings (SSSR count). The van der Waals surface area contributed by atoms with E-state index in [0.29, 0.717) is 22.3 Å². The molecule has 0 saturated carbocycles. The third-order valence-electron chi connectivity index (χ3n) is 6.27. The molecule has 0 bridgehead atoms. The van der Waals surface area contributed by atoms with Crippen molar-refractivity contribution in [2.75, 3.05) is 17.4 Å². The number of carbonyl (C=O) groups is 2. The minimum Gasteiger partial charge on any atom is -0.354 e. The van der Waals surface area contributed by atoms with E-state index in [1.54, 1.807) is 55.5 Å². The van der Waals surface area contributed by atoms with Crippen LogP contribution in [0.25, 0.3) is 0 Å². The van der Waals surface area contributed by atoms with Crippen LogP contribution < -0.4 is 9.62 Å². The van der Waals surface area contributed by atoms with Gasteiger partial charge in [0.15, 0.2) is 0 Å². The molecule has 1 atom stereocenters. The lowest BCUT2D eigenvalue weighted by atomic mass is 10.1. The molecule has 0 heterocycles. The van der Waals surface area contributed by atoms with E-state index < -0.39 is 28.5 Å². The number of anilines is 1. The zero-order chi connectivity index (χ0) is 28.6. The van der Waals surface area contributed by atoms with Gasteiger partial charge in [-0.3, -0.25) is 13.9 Å². The fraction of sp³-hybridized carbons (Fsp3) is 0.310. The Kier molecular flexibility index (Phi) is 10.8. The molecule has 0 fully saturated rings. The van der Waals surface area contributed by atoms with Crippen molar-refractivity contribution in [1.29, 1.82) is 0 Å². The zero-order valence-electron chi connectivity index (χ0n) is 22.2. The van der Waals surface area contributed by atoms with Crippen LogP contribution in [0, 0.1) is 6.92 Å². The van der Waals surface area contributed by atoms with Gasteiger partial charge in [0, 0.05) is 23.1 Å². The molecule has 0 aliphatic rings. The Balaban J connectivity index is 1.98. The number of amides is 2. The fourth-order valence-corrected chi connectivity index (χ4v) is 5.54. The van der Waals surface area contributed by atoms with E-state index in [2.05, 4.69) is 5.32 Å². The highest BCUT2D eigenvalue weighted by molar-refractivity contribution is 7.92. The molecule has 0 radical (unpaired) electrons. The van der Waals surface area contributed by atoms with Crippen LogP contribution in [-0.2, 0) is 26.2 Å². The predicted molar refractivity (Wildman–Crippen MR) is 157 cm³/mol. The molecule has 0 aliphatic carbocycles. The number of unbranched alkanes of at least 4 members (excludes halogenated alkanes) is 1. The van der Waals surface area contributed by atoms with Crippen molar-refractivity contribution in [3.05, 3.63) is 94.0 Å². The van der Waals surface area contributed by atoms with Crippen molar-refractivity contribution >= 4 is 50.7 Å². The van der Waals surface area contributed by atoms with E-state index in [1.165, 1.54) is 29.2 Å². The second-order valence-electron chi connectivity index (χ2n) is 9.27. The predicted octanol–water partition coefficient (Wildman–Crippen LogP) is 5.83. The molecule has 7 nitrogen and oxygen atoms in total. The maximum atomic E-state index is 13.9. The van der Waals surface area contributed by atoms with Crippen LogP contribution >= 0.6 is 23.2 Å². The molecular formula is C29H33Cl2N3O4S. The summed E-state index contributed by atoms with van der Waals surface area (Å²) in [4.78, 5) is 28.2. The van der Waals surface area contributed by atoms with Crippen molar-refractivity contribution in [3.63, 3.8) is 0 Å². The second-order valence-corrected chi connectivity index (χ2v) is 12.0. The Labute approximate surface area is 240 Å². The second kappa shape index (κ2) is 13.8. The van der Waals surface area contributed by atoms with Gasteiger partial charge < -0.3 is 10.2 Å². The van der Waals surface area contributed by atoms with Crippen molar-refractivity contribution < 1.29 is 18.0 Å². The summed E-state index contributed by atoms with van der Waals surface area (Å²) in [7, 11) is -4.15.